The number of carbonyl (C=O) groups excluding carboxylic acids is 3. The van der Waals surface area contributed by atoms with Gasteiger partial charge in [0.25, 0.3) is 0 Å². The van der Waals surface area contributed by atoms with Gasteiger partial charge in [-0.2, -0.15) is 0 Å². The Morgan fingerprint density at radius 2 is 0.505 bits per heavy atom. The van der Waals surface area contributed by atoms with Crippen molar-refractivity contribution in [3.63, 3.8) is 0 Å². The van der Waals surface area contributed by atoms with Gasteiger partial charge in [-0.05, 0) is 141 Å². The minimum absolute atomic E-state index is 0.0859. The summed E-state index contributed by atoms with van der Waals surface area (Å²) in [7, 11) is -9.80. The van der Waals surface area contributed by atoms with Crippen molar-refractivity contribution in [2.45, 2.75) is 347 Å². The van der Waals surface area contributed by atoms with Crippen LogP contribution in [0.5, 0.6) is 0 Å². The number of allylic oxidation sites excluding steroid dienone is 24. The van der Waals surface area contributed by atoms with E-state index in [1.807, 2.05) is 0 Å². The highest BCUT2D eigenvalue weighted by molar-refractivity contribution is 7.47. The van der Waals surface area contributed by atoms with Crippen molar-refractivity contribution >= 4 is 33.6 Å². The second-order valence-corrected chi connectivity index (χ2v) is 30.1. The Morgan fingerprint density at radius 3 is 0.810 bits per heavy atom. The minimum atomic E-state index is -4.94. The molecule has 0 spiro atoms. The van der Waals surface area contributed by atoms with Gasteiger partial charge >= 0.3 is 33.6 Å². The molecule has 5 atom stereocenters. The SMILES string of the molecule is CC/C=C\C/C=C\C/C=C\C/C=C\C/C=C\C/C=C\CCCCCCC(=O)OCC(COP(=O)(O)OCC(O)COP(=O)(O)OCC(O)COC(=O)CCCCCCCCCCCCCCCCC/C=C\C/C=C\C/C=C\C/C=C\C/C=C\CC)OC(=O)CCCCCCC/C=C\CCCCCCCC. The van der Waals surface area contributed by atoms with Gasteiger partial charge in [-0.25, -0.2) is 9.13 Å². The van der Waals surface area contributed by atoms with Gasteiger partial charge in [-0.15, -0.1) is 0 Å². The molecule has 0 aromatic rings. The Bertz CT molecular complexity index is 2490. The van der Waals surface area contributed by atoms with E-state index < -0.39 is 91.5 Å². The first-order valence-electron chi connectivity index (χ1n) is 41.1. The predicted molar refractivity (Wildman–Crippen MR) is 436 cm³/mol. The number of hydrogen-bond donors (Lipinski definition) is 4. The number of aliphatic hydroxyl groups excluding tert-OH is 2. The Hall–Kier alpha value is -4.57. The molecule has 0 bridgehead atoms. The summed E-state index contributed by atoms with van der Waals surface area (Å²) in [5.41, 5.74) is 0. The van der Waals surface area contributed by atoms with E-state index in [9.17, 15) is 43.5 Å². The highest BCUT2D eigenvalue weighted by Crippen LogP contribution is 2.45. The lowest BCUT2D eigenvalue weighted by atomic mass is 10.0. The van der Waals surface area contributed by atoms with Crippen LogP contribution in [0.1, 0.15) is 329 Å². The van der Waals surface area contributed by atoms with Gasteiger partial charge < -0.3 is 34.2 Å². The Balaban J connectivity index is 4.53. The molecular weight excluding hydrogens is 1360 g/mol. The highest BCUT2D eigenvalue weighted by atomic mass is 31.2. The summed E-state index contributed by atoms with van der Waals surface area (Å²) in [6.45, 7) is 2.43. The summed E-state index contributed by atoms with van der Waals surface area (Å²) >= 11 is 0. The topological polar surface area (TPSA) is 231 Å². The van der Waals surface area contributed by atoms with E-state index in [2.05, 4.69) is 167 Å². The molecule has 0 amide bonds. The van der Waals surface area contributed by atoms with E-state index in [4.69, 9.17) is 32.3 Å². The fourth-order valence-electron chi connectivity index (χ4n) is 10.8. The number of phosphoric acid groups is 2. The predicted octanol–water partition coefficient (Wildman–Crippen LogP) is 24.4. The molecule has 602 valence electrons. The van der Waals surface area contributed by atoms with Crippen LogP contribution in [-0.4, -0.2) is 95.9 Å². The number of rotatable bonds is 77. The number of esters is 3. The molecular formula is C87H148O16P2. The molecule has 0 heterocycles. The maximum atomic E-state index is 13.0. The fourth-order valence-corrected chi connectivity index (χ4v) is 12.4. The molecule has 0 aliphatic heterocycles. The Morgan fingerprint density at radius 1 is 0.276 bits per heavy atom. The molecule has 18 heteroatoms. The third kappa shape index (κ3) is 80.3. The lowest BCUT2D eigenvalue weighted by molar-refractivity contribution is -0.161. The van der Waals surface area contributed by atoms with Crippen LogP contribution in [-0.2, 0) is 55.8 Å². The van der Waals surface area contributed by atoms with Gasteiger partial charge in [-0.3, -0.25) is 32.5 Å². The molecule has 16 nitrogen and oxygen atoms in total. The normalized spacial score (nSPS) is 14.7. The van der Waals surface area contributed by atoms with E-state index in [0.29, 0.717) is 19.3 Å². The van der Waals surface area contributed by atoms with Crippen molar-refractivity contribution in [1.29, 1.82) is 0 Å². The van der Waals surface area contributed by atoms with Gasteiger partial charge in [0.1, 0.15) is 25.4 Å². The Labute approximate surface area is 638 Å². The molecule has 0 aromatic carbocycles. The lowest BCUT2D eigenvalue weighted by Crippen LogP contribution is -2.30. The largest absolute Gasteiger partial charge is 0.472 e. The van der Waals surface area contributed by atoms with Crippen molar-refractivity contribution < 1.29 is 75.8 Å². The van der Waals surface area contributed by atoms with Gasteiger partial charge in [0.15, 0.2) is 6.10 Å². The van der Waals surface area contributed by atoms with E-state index in [1.54, 1.807) is 0 Å². The van der Waals surface area contributed by atoms with Gasteiger partial charge in [-0.1, -0.05) is 314 Å². The smallest absolute Gasteiger partial charge is 0.463 e. The number of unbranched alkanes of at least 4 members (excludes halogenated alkanes) is 30. The van der Waals surface area contributed by atoms with E-state index in [-0.39, 0.29) is 19.3 Å². The van der Waals surface area contributed by atoms with E-state index >= 15 is 0 Å². The van der Waals surface area contributed by atoms with Gasteiger partial charge in [0.05, 0.1) is 26.4 Å². The minimum Gasteiger partial charge on any atom is -0.463 e. The standard InChI is InChI=1S/C87H148O16P2/c1-4-7-10-13-16-19-22-25-28-30-32-34-36-37-38-39-40-41-42-43-45-47-48-50-53-55-58-61-64-67-70-73-85(90)97-76-82(88)77-99-104(93,94)100-78-83(89)79-101-105(95,96)102-81-84(103-87(92)75-72-69-66-63-60-57-52-27-24-21-18-15-12-9-6-3)80-98-86(91)74-71-68-65-62-59-56-54-51-49-46-44-35-33-31-29-26-23-20-17-14-11-8-5-2/h7-8,10-11,16-17,19-20,25-29,32-35,37-38,46,49,52,54,56,82-84,88-89H,4-6,9,12-15,18,21-24,30-31,36,39-45,47-48,50-51,53,55,57-81H2,1-3H3,(H,93,94)(H,95,96)/b10-7-,11-8-,19-16-,20-17-,28-25-,29-26-,34-32-,35-33-,38-37-,49-46-,52-27-,56-54-. The molecule has 105 heavy (non-hydrogen) atoms. The number of carbonyl (C=O) groups is 3. The summed E-state index contributed by atoms with van der Waals surface area (Å²) in [4.78, 5) is 58.7. The maximum absolute atomic E-state index is 13.0. The van der Waals surface area contributed by atoms with Gasteiger partial charge in [0, 0.05) is 19.3 Å². The van der Waals surface area contributed by atoms with Gasteiger partial charge in [0.2, 0.25) is 0 Å². The summed E-state index contributed by atoms with van der Waals surface area (Å²) < 4.78 is 61.2. The summed E-state index contributed by atoms with van der Waals surface area (Å²) in [5.74, 6) is -1.61. The molecule has 0 saturated carbocycles. The second-order valence-electron chi connectivity index (χ2n) is 27.2. The fraction of sp³-hybridized carbons (Fsp3) is 0.690. The summed E-state index contributed by atoms with van der Waals surface area (Å²) in [6.07, 6.45) is 97.6. The lowest BCUT2D eigenvalue weighted by Gasteiger charge is -2.21. The molecule has 4 N–H and O–H groups in total. The van der Waals surface area contributed by atoms with Crippen LogP contribution in [0, 0.1) is 0 Å². The monoisotopic (exact) mass is 1510 g/mol. The number of hydrogen-bond acceptors (Lipinski definition) is 14. The van der Waals surface area contributed by atoms with Crippen molar-refractivity contribution in [3.8, 4) is 0 Å². The second kappa shape index (κ2) is 79.0. The number of aliphatic hydroxyl groups is 2. The zero-order chi connectivity index (χ0) is 76.6. The maximum Gasteiger partial charge on any atom is 0.472 e. The molecule has 0 saturated heterocycles. The van der Waals surface area contributed by atoms with Crippen LogP contribution in [0.4, 0.5) is 0 Å². The molecule has 0 rings (SSSR count). The number of phosphoric ester groups is 2. The van der Waals surface area contributed by atoms with Crippen LogP contribution in [0.3, 0.4) is 0 Å². The van der Waals surface area contributed by atoms with Crippen LogP contribution < -0.4 is 0 Å². The molecule has 0 aliphatic rings. The third-order valence-electron chi connectivity index (χ3n) is 17.0. The van der Waals surface area contributed by atoms with Crippen LogP contribution in [0.2, 0.25) is 0 Å². The van der Waals surface area contributed by atoms with E-state index in [1.165, 1.54) is 116 Å². The average Bonchev–Trinajstić information content (AvgIpc) is 0.920. The molecule has 0 fully saturated rings. The highest BCUT2D eigenvalue weighted by Gasteiger charge is 2.29. The van der Waals surface area contributed by atoms with Crippen LogP contribution >= 0.6 is 15.6 Å². The quantitative estimate of drug-likeness (QED) is 0.0146. The first-order valence-corrected chi connectivity index (χ1v) is 44.1. The molecule has 0 radical (unpaired) electrons. The molecule has 0 aromatic heterocycles. The average molecular weight is 1510 g/mol. The van der Waals surface area contributed by atoms with Crippen molar-refractivity contribution in [3.05, 3.63) is 146 Å². The van der Waals surface area contributed by atoms with E-state index in [0.717, 1.165) is 154 Å². The zero-order valence-corrected chi connectivity index (χ0v) is 67.6. The molecule has 5 unspecified atom stereocenters. The zero-order valence-electron chi connectivity index (χ0n) is 65.9. The first kappa shape index (κ1) is 100. The molecule has 0 aliphatic carbocycles. The first-order chi connectivity index (χ1) is 51.2. The summed E-state index contributed by atoms with van der Waals surface area (Å²) in [6, 6.07) is 0. The van der Waals surface area contributed by atoms with Crippen molar-refractivity contribution in [1.82, 2.24) is 0 Å². The van der Waals surface area contributed by atoms with Crippen LogP contribution in [0.25, 0.3) is 0 Å². The third-order valence-corrected chi connectivity index (χ3v) is 18.9. The van der Waals surface area contributed by atoms with Crippen molar-refractivity contribution in [2.24, 2.45) is 0 Å². The van der Waals surface area contributed by atoms with Crippen LogP contribution in [0.15, 0.2) is 146 Å². The van der Waals surface area contributed by atoms with Crippen molar-refractivity contribution in [2.75, 3.05) is 39.6 Å². The summed E-state index contributed by atoms with van der Waals surface area (Å²) in [5, 5.41) is 20.7. The Kier molecular flexibility index (Phi) is 75.6. The number of ether oxygens (including phenoxy) is 3.